The SMILES string of the molecule is CC(C)C1CCCC(NC2CCS(=O)(=O)CC2)C1. The van der Waals surface area contributed by atoms with Gasteiger partial charge in [0.25, 0.3) is 0 Å². The van der Waals surface area contributed by atoms with Gasteiger partial charge in [0.2, 0.25) is 0 Å². The van der Waals surface area contributed by atoms with Crippen molar-refractivity contribution in [3.05, 3.63) is 0 Å². The monoisotopic (exact) mass is 273 g/mol. The van der Waals surface area contributed by atoms with Crippen LogP contribution in [-0.4, -0.2) is 32.0 Å². The lowest BCUT2D eigenvalue weighted by Gasteiger charge is -2.35. The molecular formula is C14H27NO2S. The summed E-state index contributed by atoms with van der Waals surface area (Å²) in [6.07, 6.45) is 6.87. The summed E-state index contributed by atoms with van der Waals surface area (Å²) < 4.78 is 22.8. The predicted octanol–water partition coefficient (Wildman–Crippen LogP) is 2.37. The Kier molecular flexibility index (Phi) is 4.70. The highest BCUT2D eigenvalue weighted by atomic mass is 32.2. The number of nitrogens with one attached hydrogen (secondary N) is 1. The summed E-state index contributed by atoms with van der Waals surface area (Å²) in [5.74, 6) is 2.39. The second-order valence-electron chi connectivity index (χ2n) is 6.46. The molecule has 0 radical (unpaired) electrons. The maximum atomic E-state index is 11.4. The number of hydrogen-bond acceptors (Lipinski definition) is 3. The first-order valence-corrected chi connectivity index (χ1v) is 9.25. The van der Waals surface area contributed by atoms with Crippen molar-refractivity contribution in [3.8, 4) is 0 Å². The molecule has 1 saturated carbocycles. The van der Waals surface area contributed by atoms with Gasteiger partial charge in [0, 0.05) is 12.1 Å². The molecule has 2 fully saturated rings. The minimum atomic E-state index is -2.72. The number of hydrogen-bond donors (Lipinski definition) is 1. The van der Waals surface area contributed by atoms with E-state index in [4.69, 9.17) is 0 Å². The molecule has 1 heterocycles. The molecule has 1 aliphatic heterocycles. The maximum absolute atomic E-state index is 11.4. The fraction of sp³-hybridized carbons (Fsp3) is 1.00. The third kappa shape index (κ3) is 3.95. The Morgan fingerprint density at radius 2 is 1.67 bits per heavy atom. The molecule has 1 saturated heterocycles. The highest BCUT2D eigenvalue weighted by molar-refractivity contribution is 7.91. The van der Waals surface area contributed by atoms with Crippen LogP contribution in [0.25, 0.3) is 0 Å². The van der Waals surface area contributed by atoms with Crippen molar-refractivity contribution in [1.82, 2.24) is 5.32 Å². The molecule has 2 rings (SSSR count). The summed E-state index contributed by atoms with van der Waals surface area (Å²) in [6, 6.07) is 1.06. The minimum Gasteiger partial charge on any atom is -0.311 e. The molecule has 2 atom stereocenters. The van der Waals surface area contributed by atoms with Crippen LogP contribution in [0.1, 0.15) is 52.4 Å². The standard InChI is InChI=1S/C14H27NO2S/c1-11(2)12-4-3-5-14(10-12)15-13-6-8-18(16,17)9-7-13/h11-15H,3-10H2,1-2H3. The molecule has 1 N–H and O–H groups in total. The highest BCUT2D eigenvalue weighted by Crippen LogP contribution is 2.30. The van der Waals surface area contributed by atoms with Gasteiger partial charge in [0.05, 0.1) is 11.5 Å². The number of rotatable bonds is 3. The van der Waals surface area contributed by atoms with Gasteiger partial charge in [-0.25, -0.2) is 8.42 Å². The Labute approximate surface area is 112 Å². The van der Waals surface area contributed by atoms with Gasteiger partial charge in [-0.1, -0.05) is 26.7 Å². The van der Waals surface area contributed by atoms with Crippen molar-refractivity contribution < 1.29 is 8.42 Å². The zero-order valence-electron chi connectivity index (χ0n) is 11.7. The van der Waals surface area contributed by atoms with Crippen LogP contribution in [0.2, 0.25) is 0 Å². The quantitative estimate of drug-likeness (QED) is 0.858. The Morgan fingerprint density at radius 1 is 1.00 bits per heavy atom. The van der Waals surface area contributed by atoms with E-state index in [2.05, 4.69) is 19.2 Å². The average molecular weight is 273 g/mol. The third-order valence-corrected chi connectivity index (χ3v) is 6.40. The molecule has 1 aliphatic carbocycles. The highest BCUT2D eigenvalue weighted by Gasteiger charge is 2.28. The molecule has 18 heavy (non-hydrogen) atoms. The molecule has 2 aliphatic rings. The van der Waals surface area contributed by atoms with Crippen LogP contribution in [0.5, 0.6) is 0 Å². The van der Waals surface area contributed by atoms with Crippen LogP contribution in [0, 0.1) is 11.8 Å². The third-order valence-electron chi connectivity index (χ3n) is 4.68. The van der Waals surface area contributed by atoms with E-state index in [1.165, 1.54) is 25.7 Å². The van der Waals surface area contributed by atoms with Crippen molar-refractivity contribution in [2.24, 2.45) is 11.8 Å². The predicted molar refractivity (Wildman–Crippen MR) is 75.4 cm³/mol. The second kappa shape index (κ2) is 5.91. The van der Waals surface area contributed by atoms with Gasteiger partial charge < -0.3 is 5.32 Å². The van der Waals surface area contributed by atoms with Gasteiger partial charge in [0.1, 0.15) is 9.84 Å². The normalized spacial score (nSPS) is 33.7. The van der Waals surface area contributed by atoms with Gasteiger partial charge in [-0.2, -0.15) is 0 Å². The summed E-state index contributed by atoms with van der Waals surface area (Å²) in [5.41, 5.74) is 0. The van der Waals surface area contributed by atoms with Crippen molar-refractivity contribution in [2.75, 3.05) is 11.5 Å². The van der Waals surface area contributed by atoms with Crippen LogP contribution in [0.4, 0.5) is 0 Å². The molecule has 2 unspecified atom stereocenters. The van der Waals surface area contributed by atoms with Crippen molar-refractivity contribution in [1.29, 1.82) is 0 Å². The van der Waals surface area contributed by atoms with E-state index in [0.717, 1.165) is 24.7 Å². The second-order valence-corrected chi connectivity index (χ2v) is 8.76. The van der Waals surface area contributed by atoms with Gasteiger partial charge in [-0.3, -0.25) is 0 Å². The first-order chi connectivity index (χ1) is 8.46. The molecule has 0 bridgehead atoms. The molecule has 0 spiro atoms. The average Bonchev–Trinajstić information content (AvgIpc) is 2.32. The van der Waals surface area contributed by atoms with Crippen molar-refractivity contribution in [3.63, 3.8) is 0 Å². The Hall–Kier alpha value is -0.0900. The lowest BCUT2D eigenvalue weighted by atomic mass is 9.79. The Morgan fingerprint density at radius 3 is 2.28 bits per heavy atom. The van der Waals surface area contributed by atoms with E-state index in [-0.39, 0.29) is 0 Å². The Balaban J connectivity index is 1.79. The van der Waals surface area contributed by atoms with Crippen molar-refractivity contribution in [2.45, 2.75) is 64.5 Å². The van der Waals surface area contributed by atoms with E-state index in [0.29, 0.717) is 23.6 Å². The molecule has 0 aromatic carbocycles. The van der Waals surface area contributed by atoms with Crippen LogP contribution >= 0.6 is 0 Å². The van der Waals surface area contributed by atoms with Crippen LogP contribution in [0.15, 0.2) is 0 Å². The van der Waals surface area contributed by atoms with E-state index in [9.17, 15) is 8.42 Å². The minimum absolute atomic E-state index is 0.380. The van der Waals surface area contributed by atoms with Crippen LogP contribution < -0.4 is 5.32 Å². The lowest BCUT2D eigenvalue weighted by Crippen LogP contribution is -2.45. The largest absolute Gasteiger partial charge is 0.311 e. The van der Waals surface area contributed by atoms with Gasteiger partial charge in [0.15, 0.2) is 0 Å². The first kappa shape index (κ1) is 14.3. The molecule has 4 heteroatoms. The van der Waals surface area contributed by atoms with Gasteiger partial charge in [-0.15, -0.1) is 0 Å². The summed E-state index contributed by atoms with van der Waals surface area (Å²) in [7, 11) is -2.72. The van der Waals surface area contributed by atoms with E-state index < -0.39 is 9.84 Å². The molecule has 0 aromatic heterocycles. The summed E-state index contributed by atoms with van der Waals surface area (Å²) in [6.45, 7) is 4.64. The molecular weight excluding hydrogens is 246 g/mol. The first-order valence-electron chi connectivity index (χ1n) is 7.43. The van der Waals surface area contributed by atoms with Gasteiger partial charge in [-0.05, 0) is 37.5 Å². The smallest absolute Gasteiger partial charge is 0.150 e. The van der Waals surface area contributed by atoms with Gasteiger partial charge >= 0.3 is 0 Å². The fourth-order valence-electron chi connectivity index (χ4n) is 3.37. The van der Waals surface area contributed by atoms with Crippen LogP contribution in [-0.2, 0) is 9.84 Å². The summed E-state index contributed by atoms with van der Waals surface area (Å²) in [5, 5.41) is 3.72. The topological polar surface area (TPSA) is 46.2 Å². The maximum Gasteiger partial charge on any atom is 0.150 e. The molecule has 3 nitrogen and oxygen atoms in total. The zero-order valence-corrected chi connectivity index (χ0v) is 12.5. The van der Waals surface area contributed by atoms with E-state index in [1.54, 1.807) is 0 Å². The van der Waals surface area contributed by atoms with Crippen LogP contribution in [0.3, 0.4) is 0 Å². The zero-order chi connectivity index (χ0) is 13.2. The van der Waals surface area contributed by atoms with E-state index in [1.807, 2.05) is 0 Å². The summed E-state index contributed by atoms with van der Waals surface area (Å²) in [4.78, 5) is 0. The Bertz CT molecular complexity index is 350. The number of sulfone groups is 1. The van der Waals surface area contributed by atoms with Crippen molar-refractivity contribution >= 4 is 9.84 Å². The van der Waals surface area contributed by atoms with E-state index >= 15 is 0 Å². The summed E-state index contributed by atoms with van der Waals surface area (Å²) >= 11 is 0. The lowest BCUT2D eigenvalue weighted by molar-refractivity contribution is 0.217. The molecule has 106 valence electrons. The molecule has 0 amide bonds. The fourth-order valence-corrected chi connectivity index (χ4v) is 4.87. The molecule has 0 aromatic rings.